The van der Waals surface area contributed by atoms with E-state index in [-0.39, 0.29) is 11.9 Å². The van der Waals surface area contributed by atoms with Crippen LogP contribution in [0.5, 0.6) is 0 Å². The molecule has 1 amide bonds. The summed E-state index contributed by atoms with van der Waals surface area (Å²) >= 11 is 0. The topological polar surface area (TPSA) is 58.9 Å². The quantitative estimate of drug-likeness (QED) is 0.756. The van der Waals surface area contributed by atoms with Crippen LogP contribution in [-0.2, 0) is 7.05 Å². The van der Waals surface area contributed by atoms with E-state index in [9.17, 15) is 4.79 Å². The Hall–Kier alpha value is -1.36. The number of piperidine rings is 1. The maximum Gasteiger partial charge on any atom is 0.254 e. The third kappa shape index (κ3) is 2.41. The molecular formula is C11H18N4O. The summed E-state index contributed by atoms with van der Waals surface area (Å²) in [7, 11) is 1.81. The lowest BCUT2D eigenvalue weighted by atomic mass is 10.00. The minimum Gasteiger partial charge on any atom is -0.348 e. The molecular weight excluding hydrogens is 204 g/mol. The minimum absolute atomic E-state index is 0.0337. The van der Waals surface area contributed by atoms with Crippen molar-refractivity contribution in [1.29, 1.82) is 0 Å². The van der Waals surface area contributed by atoms with E-state index >= 15 is 0 Å². The van der Waals surface area contributed by atoms with E-state index in [0.717, 1.165) is 19.4 Å². The fourth-order valence-electron chi connectivity index (χ4n) is 2.03. The Balaban J connectivity index is 1.96. The predicted octanol–water partition coefficient (Wildman–Crippen LogP) is 0.290. The fraction of sp³-hybridized carbons (Fsp3) is 0.636. The van der Waals surface area contributed by atoms with E-state index in [1.807, 2.05) is 7.05 Å². The first-order valence-corrected chi connectivity index (χ1v) is 5.69. The summed E-state index contributed by atoms with van der Waals surface area (Å²) < 4.78 is 1.64. The van der Waals surface area contributed by atoms with E-state index in [0.29, 0.717) is 11.6 Å². The molecule has 5 nitrogen and oxygen atoms in total. The summed E-state index contributed by atoms with van der Waals surface area (Å²) in [5.74, 6) is -0.0337. The molecule has 5 heteroatoms. The number of carbonyl (C=O) groups is 1. The average Bonchev–Trinajstić information content (AvgIpc) is 2.68. The molecule has 0 aliphatic carbocycles. The van der Waals surface area contributed by atoms with Gasteiger partial charge in [-0.25, -0.2) is 0 Å². The Kier molecular flexibility index (Phi) is 3.24. The van der Waals surface area contributed by atoms with Gasteiger partial charge in [0, 0.05) is 25.3 Å². The molecule has 88 valence electrons. The van der Waals surface area contributed by atoms with Crippen LogP contribution in [0, 0.1) is 0 Å². The zero-order chi connectivity index (χ0) is 11.5. The maximum atomic E-state index is 11.9. The van der Waals surface area contributed by atoms with Crippen LogP contribution in [0.3, 0.4) is 0 Å². The SMILES string of the molecule is C[C@@H]1NCCC[C@H]1NC(=O)c1cnn(C)c1. The van der Waals surface area contributed by atoms with Crippen LogP contribution in [-0.4, -0.2) is 34.3 Å². The van der Waals surface area contributed by atoms with Crippen LogP contribution in [0.2, 0.25) is 0 Å². The van der Waals surface area contributed by atoms with Crippen LogP contribution in [0.4, 0.5) is 0 Å². The third-order valence-corrected chi connectivity index (χ3v) is 3.05. The highest BCUT2D eigenvalue weighted by molar-refractivity contribution is 5.93. The molecule has 16 heavy (non-hydrogen) atoms. The molecule has 1 aromatic heterocycles. The lowest BCUT2D eigenvalue weighted by molar-refractivity contribution is 0.0920. The number of carbonyl (C=O) groups excluding carboxylic acids is 1. The Bertz CT molecular complexity index is 374. The number of nitrogens with one attached hydrogen (secondary N) is 2. The van der Waals surface area contributed by atoms with E-state index in [2.05, 4.69) is 22.7 Å². The van der Waals surface area contributed by atoms with Crippen LogP contribution in [0.1, 0.15) is 30.1 Å². The van der Waals surface area contributed by atoms with Crippen molar-refractivity contribution < 1.29 is 4.79 Å². The second-order valence-electron chi connectivity index (χ2n) is 4.37. The first kappa shape index (κ1) is 11.1. The third-order valence-electron chi connectivity index (χ3n) is 3.05. The molecule has 0 spiro atoms. The molecule has 0 saturated carbocycles. The standard InChI is InChI=1S/C11H18N4O/c1-8-10(4-3-5-12-8)14-11(16)9-6-13-15(2)7-9/h6-8,10,12H,3-5H2,1-2H3,(H,14,16)/t8-,10+/m0/s1. The van der Waals surface area contributed by atoms with Gasteiger partial charge < -0.3 is 10.6 Å². The summed E-state index contributed by atoms with van der Waals surface area (Å²) in [6.45, 7) is 3.15. The van der Waals surface area contributed by atoms with Crippen molar-refractivity contribution in [2.45, 2.75) is 31.8 Å². The Morgan fingerprint density at radius 1 is 1.69 bits per heavy atom. The summed E-state index contributed by atoms with van der Waals surface area (Å²) in [4.78, 5) is 11.9. The molecule has 2 heterocycles. The van der Waals surface area contributed by atoms with Gasteiger partial charge in [0.05, 0.1) is 11.8 Å². The van der Waals surface area contributed by atoms with Gasteiger partial charge in [0.15, 0.2) is 0 Å². The zero-order valence-electron chi connectivity index (χ0n) is 9.73. The number of amides is 1. The molecule has 0 radical (unpaired) electrons. The first-order chi connectivity index (χ1) is 7.66. The smallest absolute Gasteiger partial charge is 0.254 e. The summed E-state index contributed by atoms with van der Waals surface area (Å²) in [5.41, 5.74) is 0.625. The normalized spacial score (nSPS) is 25.4. The number of hydrogen-bond donors (Lipinski definition) is 2. The van der Waals surface area contributed by atoms with E-state index < -0.39 is 0 Å². The number of aromatic nitrogens is 2. The van der Waals surface area contributed by atoms with Gasteiger partial charge in [-0.05, 0) is 26.3 Å². The predicted molar refractivity (Wildman–Crippen MR) is 61.2 cm³/mol. The van der Waals surface area contributed by atoms with Gasteiger partial charge in [-0.15, -0.1) is 0 Å². The van der Waals surface area contributed by atoms with E-state index in [4.69, 9.17) is 0 Å². The van der Waals surface area contributed by atoms with Crippen molar-refractivity contribution in [2.75, 3.05) is 6.54 Å². The molecule has 2 atom stereocenters. The lowest BCUT2D eigenvalue weighted by Crippen LogP contribution is -2.51. The van der Waals surface area contributed by atoms with Gasteiger partial charge in [-0.2, -0.15) is 5.10 Å². The molecule has 2 N–H and O–H groups in total. The minimum atomic E-state index is -0.0337. The van der Waals surface area contributed by atoms with Crippen LogP contribution >= 0.6 is 0 Å². The number of nitrogens with zero attached hydrogens (tertiary/aromatic N) is 2. The maximum absolute atomic E-state index is 11.9. The zero-order valence-corrected chi connectivity index (χ0v) is 9.73. The second kappa shape index (κ2) is 4.65. The summed E-state index contributed by atoms with van der Waals surface area (Å²) in [5, 5.41) is 10.4. The van der Waals surface area contributed by atoms with Crippen LogP contribution in [0.25, 0.3) is 0 Å². The van der Waals surface area contributed by atoms with Crippen molar-refractivity contribution in [3.63, 3.8) is 0 Å². The average molecular weight is 222 g/mol. The highest BCUT2D eigenvalue weighted by Gasteiger charge is 2.23. The van der Waals surface area contributed by atoms with Crippen molar-refractivity contribution in [3.05, 3.63) is 18.0 Å². The Morgan fingerprint density at radius 3 is 3.12 bits per heavy atom. The van der Waals surface area contributed by atoms with Crippen molar-refractivity contribution in [2.24, 2.45) is 7.05 Å². The van der Waals surface area contributed by atoms with E-state index in [1.165, 1.54) is 0 Å². The largest absolute Gasteiger partial charge is 0.348 e. The second-order valence-corrected chi connectivity index (χ2v) is 4.37. The molecule has 1 aliphatic rings. The first-order valence-electron chi connectivity index (χ1n) is 5.69. The van der Waals surface area contributed by atoms with Gasteiger partial charge in [0.2, 0.25) is 0 Å². The van der Waals surface area contributed by atoms with Crippen molar-refractivity contribution in [1.82, 2.24) is 20.4 Å². The van der Waals surface area contributed by atoms with Crippen LogP contribution in [0.15, 0.2) is 12.4 Å². The molecule has 1 saturated heterocycles. The number of hydrogen-bond acceptors (Lipinski definition) is 3. The van der Waals surface area contributed by atoms with Crippen molar-refractivity contribution in [3.8, 4) is 0 Å². The van der Waals surface area contributed by atoms with Gasteiger partial charge in [-0.1, -0.05) is 0 Å². The van der Waals surface area contributed by atoms with Gasteiger partial charge in [0.25, 0.3) is 5.91 Å². The van der Waals surface area contributed by atoms with E-state index in [1.54, 1.807) is 17.1 Å². The summed E-state index contributed by atoms with van der Waals surface area (Å²) in [6, 6.07) is 0.566. The molecule has 2 rings (SSSR count). The summed E-state index contributed by atoms with van der Waals surface area (Å²) in [6.07, 6.45) is 5.48. The van der Waals surface area contributed by atoms with Gasteiger partial charge in [-0.3, -0.25) is 9.48 Å². The molecule has 0 unspecified atom stereocenters. The molecule has 0 aromatic carbocycles. The monoisotopic (exact) mass is 222 g/mol. The number of rotatable bonds is 2. The molecule has 1 fully saturated rings. The van der Waals surface area contributed by atoms with Crippen LogP contribution < -0.4 is 10.6 Å². The molecule has 0 bridgehead atoms. The van der Waals surface area contributed by atoms with Crippen molar-refractivity contribution >= 4 is 5.91 Å². The Labute approximate surface area is 95.2 Å². The van der Waals surface area contributed by atoms with Gasteiger partial charge >= 0.3 is 0 Å². The van der Waals surface area contributed by atoms with Gasteiger partial charge in [0.1, 0.15) is 0 Å². The highest BCUT2D eigenvalue weighted by atomic mass is 16.1. The lowest BCUT2D eigenvalue weighted by Gasteiger charge is -2.30. The highest BCUT2D eigenvalue weighted by Crippen LogP contribution is 2.09. The molecule has 1 aliphatic heterocycles. The fourth-order valence-corrected chi connectivity index (χ4v) is 2.03. The number of aryl methyl sites for hydroxylation is 1. The Morgan fingerprint density at radius 2 is 2.50 bits per heavy atom. The molecule has 1 aromatic rings.